The van der Waals surface area contributed by atoms with E-state index in [-0.39, 0.29) is 5.91 Å². The molecule has 2 aromatic heterocycles. The van der Waals surface area contributed by atoms with Gasteiger partial charge in [0.15, 0.2) is 4.34 Å². The van der Waals surface area contributed by atoms with Crippen LogP contribution in [0.2, 0.25) is 0 Å². The molecule has 2 aromatic carbocycles. The van der Waals surface area contributed by atoms with E-state index in [1.165, 1.54) is 4.70 Å². The second-order valence-corrected chi connectivity index (χ2v) is 8.92. The Labute approximate surface area is 181 Å². The highest BCUT2D eigenvalue weighted by molar-refractivity contribution is 8.00. The molecule has 2 N–H and O–H groups in total. The first-order chi connectivity index (χ1) is 14.5. The molecule has 4 rings (SSSR count). The lowest BCUT2D eigenvalue weighted by Gasteiger charge is -2.07. The number of aryl methyl sites for hydroxylation is 2. The molecule has 6 nitrogen and oxygen atoms in total. The van der Waals surface area contributed by atoms with Crippen molar-refractivity contribution in [3.8, 4) is 0 Å². The number of thiazole rings is 1. The summed E-state index contributed by atoms with van der Waals surface area (Å²) < 4.78 is 7.53. The van der Waals surface area contributed by atoms with Gasteiger partial charge in [-0.25, -0.2) is 4.98 Å². The number of hydrogen-bond donors (Lipinski definition) is 2. The topological polar surface area (TPSA) is 84.2 Å². The average molecular weight is 438 g/mol. The molecule has 0 aliphatic heterocycles. The number of benzene rings is 2. The Hall–Kier alpha value is -3.10. The number of carbonyl (C=O) groups excluding carboxylic acids is 2. The summed E-state index contributed by atoms with van der Waals surface area (Å²) in [6.45, 7) is 3.47. The van der Waals surface area contributed by atoms with Gasteiger partial charge in [0.25, 0.3) is 11.8 Å². The van der Waals surface area contributed by atoms with Crippen LogP contribution in [0.25, 0.3) is 10.2 Å². The van der Waals surface area contributed by atoms with Crippen molar-refractivity contribution in [3.05, 3.63) is 82.8 Å². The Morgan fingerprint density at radius 2 is 1.77 bits per heavy atom. The predicted octanol–water partition coefficient (Wildman–Crippen LogP) is 4.87. The Balaban J connectivity index is 1.31. The first-order valence-corrected chi connectivity index (χ1v) is 11.0. The van der Waals surface area contributed by atoms with E-state index in [9.17, 15) is 9.59 Å². The molecule has 0 unspecified atom stereocenters. The molecule has 0 radical (unpaired) electrons. The number of fused-ring (bicyclic) bond motifs is 1. The Morgan fingerprint density at radius 3 is 2.47 bits per heavy atom. The van der Waals surface area contributed by atoms with Crippen LogP contribution < -0.4 is 10.9 Å². The number of hydrazine groups is 1. The van der Waals surface area contributed by atoms with E-state index in [1.54, 1.807) is 55.1 Å². The Kier molecular flexibility index (Phi) is 5.87. The van der Waals surface area contributed by atoms with Crippen LogP contribution in [0.15, 0.2) is 63.4 Å². The van der Waals surface area contributed by atoms with E-state index in [1.807, 2.05) is 30.3 Å². The highest BCUT2D eigenvalue weighted by Crippen LogP contribution is 2.31. The second kappa shape index (κ2) is 8.73. The van der Waals surface area contributed by atoms with E-state index < -0.39 is 5.91 Å². The van der Waals surface area contributed by atoms with Crippen LogP contribution in [0.5, 0.6) is 0 Å². The number of nitrogens with zero attached hydrogens (tertiary/aromatic N) is 1. The number of hydrogen-bond acceptors (Lipinski definition) is 6. The lowest BCUT2D eigenvalue weighted by molar-refractivity contribution is 0.0845. The Bertz CT molecular complexity index is 1180. The normalized spacial score (nSPS) is 10.9. The molecule has 0 aliphatic carbocycles. The third-order valence-electron chi connectivity index (χ3n) is 4.43. The van der Waals surface area contributed by atoms with Gasteiger partial charge in [0.1, 0.15) is 11.5 Å². The van der Waals surface area contributed by atoms with E-state index in [0.717, 1.165) is 21.2 Å². The lowest BCUT2D eigenvalue weighted by Crippen LogP contribution is -2.41. The number of para-hydroxylation sites is 1. The summed E-state index contributed by atoms with van der Waals surface area (Å²) in [4.78, 5) is 29.1. The van der Waals surface area contributed by atoms with Gasteiger partial charge in [-0.3, -0.25) is 20.4 Å². The van der Waals surface area contributed by atoms with Crippen molar-refractivity contribution in [1.29, 1.82) is 0 Å². The first kappa shape index (κ1) is 20.2. The minimum absolute atomic E-state index is 0.383. The maximum Gasteiger partial charge on any atom is 0.273 e. The summed E-state index contributed by atoms with van der Waals surface area (Å²) >= 11 is 3.34. The molecule has 0 saturated carbocycles. The number of thioether (sulfide) groups is 1. The summed E-state index contributed by atoms with van der Waals surface area (Å²) in [6, 6.07) is 17.0. The molecule has 152 valence electrons. The van der Waals surface area contributed by atoms with Crippen molar-refractivity contribution in [1.82, 2.24) is 15.8 Å². The highest BCUT2D eigenvalue weighted by atomic mass is 32.2. The fraction of sp³-hybridized carbons (Fsp3) is 0.136. The number of carbonyl (C=O) groups is 2. The smallest absolute Gasteiger partial charge is 0.273 e. The van der Waals surface area contributed by atoms with Crippen LogP contribution in [-0.2, 0) is 5.75 Å². The zero-order valence-corrected chi connectivity index (χ0v) is 18.0. The minimum Gasteiger partial charge on any atom is -0.466 e. The maximum atomic E-state index is 12.3. The number of nitrogens with one attached hydrogen (secondary N) is 2. The van der Waals surface area contributed by atoms with Gasteiger partial charge in [-0.2, -0.15) is 0 Å². The molecule has 2 heterocycles. The number of aromatic nitrogens is 1. The summed E-state index contributed by atoms with van der Waals surface area (Å²) in [5.41, 5.74) is 7.81. The predicted molar refractivity (Wildman–Crippen MR) is 119 cm³/mol. The van der Waals surface area contributed by atoms with Gasteiger partial charge in [0.2, 0.25) is 0 Å². The van der Waals surface area contributed by atoms with Crippen LogP contribution >= 0.6 is 23.1 Å². The molecule has 2 amide bonds. The van der Waals surface area contributed by atoms with E-state index >= 15 is 0 Å². The van der Waals surface area contributed by atoms with Crippen LogP contribution in [-0.4, -0.2) is 16.8 Å². The number of amides is 2. The quantitative estimate of drug-likeness (QED) is 0.344. The third-order valence-corrected chi connectivity index (χ3v) is 6.68. The minimum atomic E-state index is -0.415. The molecule has 8 heteroatoms. The van der Waals surface area contributed by atoms with Crippen molar-refractivity contribution in [2.24, 2.45) is 0 Å². The zero-order chi connectivity index (χ0) is 21.1. The number of rotatable bonds is 5. The molecule has 30 heavy (non-hydrogen) atoms. The van der Waals surface area contributed by atoms with Crippen molar-refractivity contribution in [2.45, 2.75) is 23.9 Å². The molecule has 0 fully saturated rings. The van der Waals surface area contributed by atoms with E-state index in [4.69, 9.17) is 4.42 Å². The molecule has 0 spiro atoms. The molecule has 4 aromatic rings. The Morgan fingerprint density at radius 1 is 1.03 bits per heavy atom. The highest BCUT2D eigenvalue weighted by Gasteiger charge is 2.14. The SMILES string of the molecule is Cc1cc(C(=O)NNC(=O)c2ccc(CSc3nc4ccccc4s3)cc2)c(C)o1. The summed E-state index contributed by atoms with van der Waals surface area (Å²) in [5.74, 6) is 1.11. The van der Waals surface area contributed by atoms with Crippen LogP contribution in [0.4, 0.5) is 0 Å². The van der Waals surface area contributed by atoms with E-state index in [2.05, 4.69) is 21.9 Å². The van der Waals surface area contributed by atoms with Gasteiger partial charge >= 0.3 is 0 Å². The van der Waals surface area contributed by atoms with Gasteiger partial charge in [-0.15, -0.1) is 11.3 Å². The molecule has 0 atom stereocenters. The monoisotopic (exact) mass is 437 g/mol. The third kappa shape index (κ3) is 4.55. The lowest BCUT2D eigenvalue weighted by atomic mass is 10.1. The maximum absolute atomic E-state index is 12.3. The molecule has 0 saturated heterocycles. The second-order valence-electron chi connectivity index (χ2n) is 6.67. The van der Waals surface area contributed by atoms with Gasteiger partial charge in [0.05, 0.1) is 15.8 Å². The fourth-order valence-electron chi connectivity index (χ4n) is 2.92. The van der Waals surface area contributed by atoms with Crippen molar-refractivity contribution in [2.75, 3.05) is 0 Å². The van der Waals surface area contributed by atoms with Gasteiger partial charge < -0.3 is 4.42 Å². The number of furan rings is 1. The van der Waals surface area contributed by atoms with E-state index in [0.29, 0.717) is 22.6 Å². The summed E-state index contributed by atoms with van der Waals surface area (Å²) in [5, 5.41) is 0. The van der Waals surface area contributed by atoms with Crippen LogP contribution in [0.1, 0.15) is 37.8 Å². The van der Waals surface area contributed by atoms with Gasteiger partial charge in [-0.1, -0.05) is 36.0 Å². The van der Waals surface area contributed by atoms with Crippen molar-refractivity contribution < 1.29 is 14.0 Å². The standard InChI is InChI=1S/C22H19N3O3S2/c1-13-11-17(14(2)28-13)21(27)25-24-20(26)16-9-7-15(8-10-16)12-29-22-23-18-5-3-4-6-19(18)30-22/h3-11H,12H2,1-2H3,(H,24,26)(H,25,27). The largest absolute Gasteiger partial charge is 0.466 e. The molecular formula is C22H19N3O3S2. The summed E-state index contributed by atoms with van der Waals surface area (Å²) in [7, 11) is 0. The fourth-order valence-corrected chi connectivity index (χ4v) is 4.94. The van der Waals surface area contributed by atoms with Crippen molar-refractivity contribution in [3.63, 3.8) is 0 Å². The summed E-state index contributed by atoms with van der Waals surface area (Å²) in [6.07, 6.45) is 0. The molecule has 0 bridgehead atoms. The first-order valence-electron chi connectivity index (χ1n) is 9.24. The van der Waals surface area contributed by atoms with Gasteiger partial charge in [-0.05, 0) is 49.7 Å². The average Bonchev–Trinajstić information content (AvgIpc) is 3.32. The molecular weight excluding hydrogens is 418 g/mol. The zero-order valence-electron chi connectivity index (χ0n) is 16.4. The van der Waals surface area contributed by atoms with Gasteiger partial charge in [0, 0.05) is 11.3 Å². The van der Waals surface area contributed by atoms with Crippen molar-refractivity contribution >= 4 is 45.1 Å². The molecule has 0 aliphatic rings. The van der Waals surface area contributed by atoms with Crippen LogP contribution in [0, 0.1) is 13.8 Å². The van der Waals surface area contributed by atoms with Crippen LogP contribution in [0.3, 0.4) is 0 Å².